The van der Waals surface area contributed by atoms with Crippen LogP contribution in [0.1, 0.15) is 39.5 Å². The van der Waals surface area contributed by atoms with Crippen molar-refractivity contribution < 1.29 is 14.3 Å². The summed E-state index contributed by atoms with van der Waals surface area (Å²) in [5.74, 6) is 1.02. The highest BCUT2D eigenvalue weighted by atomic mass is 16.5. The van der Waals surface area contributed by atoms with Crippen molar-refractivity contribution in [2.24, 2.45) is 17.1 Å². The Kier molecular flexibility index (Phi) is 3.67. The van der Waals surface area contributed by atoms with Gasteiger partial charge in [-0.3, -0.25) is 9.59 Å². The molecule has 0 saturated carbocycles. The van der Waals surface area contributed by atoms with Crippen LogP contribution in [-0.4, -0.2) is 29.7 Å². The highest BCUT2D eigenvalue weighted by Gasteiger charge is 2.51. The Balaban J connectivity index is 2.06. The van der Waals surface area contributed by atoms with Gasteiger partial charge in [-0.05, 0) is 18.8 Å². The molecule has 1 aliphatic carbocycles. The molecule has 23 heavy (non-hydrogen) atoms. The van der Waals surface area contributed by atoms with Gasteiger partial charge in [-0.25, -0.2) is 0 Å². The number of carbonyl (C=O) groups excluding carboxylic acids is 2. The fourth-order valence-electron chi connectivity index (χ4n) is 4.10. The third kappa shape index (κ3) is 2.31. The molecule has 1 atom stereocenters. The molecular weight excluding hydrogens is 294 g/mol. The summed E-state index contributed by atoms with van der Waals surface area (Å²) >= 11 is 0. The van der Waals surface area contributed by atoms with Gasteiger partial charge in [-0.15, -0.1) is 0 Å². The van der Waals surface area contributed by atoms with Crippen LogP contribution in [0.4, 0.5) is 0 Å². The number of amides is 1. The molecule has 0 aromatic carbocycles. The Labute approximate surface area is 135 Å². The number of rotatable bonds is 0. The van der Waals surface area contributed by atoms with Crippen LogP contribution in [0.5, 0.6) is 0 Å². The number of nitriles is 1. The van der Waals surface area contributed by atoms with Gasteiger partial charge < -0.3 is 15.4 Å². The maximum Gasteiger partial charge on any atom is 0.219 e. The van der Waals surface area contributed by atoms with Crippen LogP contribution in [0.15, 0.2) is 22.8 Å². The van der Waals surface area contributed by atoms with Crippen LogP contribution in [-0.2, 0) is 14.3 Å². The molecule has 2 N–H and O–H groups in total. The largest absolute Gasteiger partial charge is 0.444 e. The van der Waals surface area contributed by atoms with E-state index in [0.29, 0.717) is 55.7 Å². The van der Waals surface area contributed by atoms with E-state index in [1.165, 1.54) is 6.92 Å². The van der Waals surface area contributed by atoms with Crippen LogP contribution >= 0.6 is 0 Å². The lowest BCUT2D eigenvalue weighted by molar-refractivity contribution is -0.130. The van der Waals surface area contributed by atoms with Crippen molar-refractivity contribution in [3.63, 3.8) is 0 Å². The molecule has 1 unspecified atom stereocenters. The molecule has 1 spiro atoms. The van der Waals surface area contributed by atoms with Gasteiger partial charge in [0.25, 0.3) is 0 Å². The normalized spacial score (nSPS) is 26.7. The van der Waals surface area contributed by atoms with Gasteiger partial charge in [0.2, 0.25) is 11.8 Å². The minimum Gasteiger partial charge on any atom is -0.444 e. The van der Waals surface area contributed by atoms with E-state index >= 15 is 0 Å². The summed E-state index contributed by atoms with van der Waals surface area (Å²) in [4.78, 5) is 26.1. The van der Waals surface area contributed by atoms with E-state index in [2.05, 4.69) is 6.07 Å². The van der Waals surface area contributed by atoms with E-state index in [-0.39, 0.29) is 23.5 Å². The highest BCUT2D eigenvalue weighted by molar-refractivity contribution is 5.99. The fourth-order valence-corrected chi connectivity index (χ4v) is 4.10. The van der Waals surface area contributed by atoms with Gasteiger partial charge in [-0.2, -0.15) is 5.26 Å². The molecule has 6 nitrogen and oxygen atoms in total. The number of nitrogens with zero attached hydrogens (tertiary/aromatic N) is 2. The van der Waals surface area contributed by atoms with Crippen molar-refractivity contribution in [3.05, 3.63) is 22.8 Å². The molecule has 0 aromatic heterocycles. The number of likely N-dealkylation sites (tertiary alicyclic amines) is 1. The molecule has 0 bridgehead atoms. The summed E-state index contributed by atoms with van der Waals surface area (Å²) < 4.78 is 5.65. The first kappa shape index (κ1) is 15.6. The predicted molar refractivity (Wildman–Crippen MR) is 82.3 cm³/mol. The average Bonchev–Trinajstić information content (AvgIpc) is 2.46. The summed E-state index contributed by atoms with van der Waals surface area (Å²) in [6.07, 6.45) is 2.22. The number of allylic oxidation sites excluding steroid dienone is 3. The van der Waals surface area contributed by atoms with Crippen LogP contribution in [0.2, 0.25) is 0 Å². The minimum atomic E-state index is -0.685. The third-order valence-electron chi connectivity index (χ3n) is 5.24. The molecule has 0 aromatic rings. The molecule has 1 saturated heterocycles. The van der Waals surface area contributed by atoms with Crippen LogP contribution in [0.25, 0.3) is 0 Å². The lowest BCUT2D eigenvalue weighted by Crippen LogP contribution is -2.48. The summed E-state index contributed by atoms with van der Waals surface area (Å²) in [5, 5.41) is 9.60. The number of hydrogen-bond acceptors (Lipinski definition) is 5. The zero-order valence-electron chi connectivity index (χ0n) is 13.5. The van der Waals surface area contributed by atoms with E-state index in [1.54, 1.807) is 4.90 Å². The number of ether oxygens (including phenoxy) is 1. The second-order valence-corrected chi connectivity index (χ2v) is 6.78. The van der Waals surface area contributed by atoms with Crippen molar-refractivity contribution >= 4 is 11.7 Å². The summed E-state index contributed by atoms with van der Waals surface area (Å²) in [6.45, 7) is 4.59. The van der Waals surface area contributed by atoms with Gasteiger partial charge in [-0.1, -0.05) is 6.92 Å². The second-order valence-electron chi connectivity index (χ2n) is 6.78. The van der Waals surface area contributed by atoms with Gasteiger partial charge in [0.1, 0.15) is 17.4 Å². The molecule has 3 rings (SSSR count). The van der Waals surface area contributed by atoms with Crippen molar-refractivity contribution in [1.82, 2.24) is 4.90 Å². The Bertz CT molecular complexity index is 676. The van der Waals surface area contributed by atoms with Gasteiger partial charge >= 0.3 is 0 Å². The first-order valence-electron chi connectivity index (χ1n) is 7.99. The van der Waals surface area contributed by atoms with Gasteiger partial charge in [0.15, 0.2) is 5.78 Å². The monoisotopic (exact) mass is 315 g/mol. The molecule has 1 amide bonds. The number of Topliss-reactive ketones (excluding diaryl/α,β-unsaturated/α-hetero) is 1. The number of ketones is 1. The standard InChI is InChI=1S/C17H21N3O3/c1-10-7-13(22)15-14(8-10)23-16(19)12(9-18)17(15)3-5-20(6-4-17)11(2)21/h10H,3-8,19H2,1-2H3. The Morgan fingerprint density at radius 3 is 2.61 bits per heavy atom. The maximum atomic E-state index is 12.7. The van der Waals surface area contributed by atoms with Gasteiger partial charge in [0.05, 0.1) is 0 Å². The number of piperidine rings is 1. The second kappa shape index (κ2) is 5.41. The number of fused-ring (bicyclic) bond motifs is 1. The maximum absolute atomic E-state index is 12.7. The van der Waals surface area contributed by atoms with Crippen molar-refractivity contribution in [1.29, 1.82) is 5.26 Å². The molecular formula is C17H21N3O3. The average molecular weight is 315 g/mol. The summed E-state index contributed by atoms with van der Waals surface area (Å²) in [7, 11) is 0. The predicted octanol–water partition coefficient (Wildman–Crippen LogP) is 1.59. The molecule has 122 valence electrons. The van der Waals surface area contributed by atoms with E-state index in [9.17, 15) is 14.9 Å². The Hall–Kier alpha value is -2.29. The Morgan fingerprint density at radius 2 is 2.04 bits per heavy atom. The number of hydrogen-bond donors (Lipinski definition) is 1. The molecule has 6 heteroatoms. The first-order chi connectivity index (χ1) is 10.9. The van der Waals surface area contributed by atoms with E-state index < -0.39 is 5.41 Å². The van der Waals surface area contributed by atoms with Crippen molar-refractivity contribution in [3.8, 4) is 6.07 Å². The van der Waals surface area contributed by atoms with Gasteiger partial charge in [0, 0.05) is 43.8 Å². The lowest BCUT2D eigenvalue weighted by atomic mass is 9.62. The molecule has 0 radical (unpaired) electrons. The SMILES string of the molecule is CC(=O)N1CCC2(CC1)C(C#N)=C(N)OC1=C2C(=O)CC(C)C1. The summed E-state index contributed by atoms with van der Waals surface area (Å²) in [5.41, 5.74) is 6.29. The molecule has 1 fully saturated rings. The molecule has 2 heterocycles. The molecule has 2 aliphatic heterocycles. The number of carbonyl (C=O) groups is 2. The quantitative estimate of drug-likeness (QED) is 0.732. The summed E-state index contributed by atoms with van der Waals surface area (Å²) in [6, 6.07) is 2.16. The number of nitrogens with two attached hydrogens (primary N) is 1. The molecule has 3 aliphatic rings. The third-order valence-corrected chi connectivity index (χ3v) is 5.24. The first-order valence-corrected chi connectivity index (χ1v) is 7.99. The fraction of sp³-hybridized carbons (Fsp3) is 0.588. The zero-order valence-corrected chi connectivity index (χ0v) is 13.5. The van der Waals surface area contributed by atoms with E-state index in [4.69, 9.17) is 10.5 Å². The zero-order chi connectivity index (χ0) is 16.8. The minimum absolute atomic E-state index is 0.0140. The topological polar surface area (TPSA) is 96.4 Å². The van der Waals surface area contributed by atoms with E-state index in [0.717, 1.165) is 0 Å². The van der Waals surface area contributed by atoms with Crippen molar-refractivity contribution in [2.75, 3.05) is 13.1 Å². The van der Waals surface area contributed by atoms with Crippen LogP contribution in [0.3, 0.4) is 0 Å². The Morgan fingerprint density at radius 1 is 1.39 bits per heavy atom. The highest BCUT2D eigenvalue weighted by Crippen LogP contribution is 2.52. The van der Waals surface area contributed by atoms with Crippen LogP contribution < -0.4 is 5.73 Å². The van der Waals surface area contributed by atoms with E-state index in [1.807, 2.05) is 6.92 Å². The lowest BCUT2D eigenvalue weighted by Gasteiger charge is -2.46. The smallest absolute Gasteiger partial charge is 0.219 e. The van der Waals surface area contributed by atoms with Crippen LogP contribution in [0, 0.1) is 22.7 Å². The van der Waals surface area contributed by atoms with Crippen molar-refractivity contribution in [2.45, 2.75) is 39.5 Å².